The van der Waals surface area contributed by atoms with Crippen molar-refractivity contribution in [1.29, 1.82) is 0 Å². The maximum Gasteiger partial charge on any atom is 0.489 e. The lowest BCUT2D eigenvalue weighted by Crippen LogP contribution is -2.29. The van der Waals surface area contributed by atoms with Crippen molar-refractivity contribution in [3.8, 4) is 22.3 Å². The maximum absolute atomic E-state index is 9.92. The van der Waals surface area contributed by atoms with Crippen molar-refractivity contribution >= 4 is 49.7 Å². The standard InChI is InChI=1S/C33H29BO2S/c1-5-11-25(21(3)6-2)27-15-8-14-26(22(27)4)23-12-7-13-24(20-23)28-16-9-17-29-30-18-10-19-31(34(35)36)33(30)37-32(28)29/h5-20,35-36H,2H2,1,3-4H3/b11-5-,25-21+. The Balaban J connectivity index is 1.68. The molecule has 0 unspecified atom stereocenters. The highest BCUT2D eigenvalue weighted by Crippen LogP contribution is 2.40. The molecule has 1 heterocycles. The van der Waals surface area contributed by atoms with Crippen LogP contribution in [0.25, 0.3) is 48.0 Å². The van der Waals surface area contributed by atoms with Crippen LogP contribution < -0.4 is 5.46 Å². The van der Waals surface area contributed by atoms with Gasteiger partial charge in [-0.2, -0.15) is 0 Å². The quantitative estimate of drug-likeness (QED) is 0.184. The van der Waals surface area contributed by atoms with Crippen molar-refractivity contribution in [1.82, 2.24) is 0 Å². The number of fused-ring (bicyclic) bond motifs is 3. The molecule has 0 saturated heterocycles. The number of benzene rings is 4. The van der Waals surface area contributed by atoms with Gasteiger partial charge in [-0.05, 0) is 82.2 Å². The molecule has 0 aliphatic carbocycles. The number of rotatable bonds is 6. The van der Waals surface area contributed by atoms with Gasteiger partial charge in [-0.15, -0.1) is 11.3 Å². The van der Waals surface area contributed by atoms with Gasteiger partial charge in [-0.3, -0.25) is 0 Å². The van der Waals surface area contributed by atoms with Crippen LogP contribution in [0.4, 0.5) is 0 Å². The van der Waals surface area contributed by atoms with Crippen molar-refractivity contribution < 1.29 is 10.0 Å². The van der Waals surface area contributed by atoms with Gasteiger partial charge in [0.2, 0.25) is 0 Å². The van der Waals surface area contributed by atoms with Gasteiger partial charge in [0.25, 0.3) is 0 Å². The second kappa shape index (κ2) is 10.4. The molecule has 4 aromatic carbocycles. The highest BCUT2D eigenvalue weighted by molar-refractivity contribution is 7.27. The zero-order valence-electron chi connectivity index (χ0n) is 21.3. The van der Waals surface area contributed by atoms with E-state index in [9.17, 15) is 10.0 Å². The molecule has 0 aliphatic rings. The molecule has 0 fully saturated rings. The summed E-state index contributed by atoms with van der Waals surface area (Å²) in [5, 5.41) is 22.0. The Bertz CT molecular complexity index is 1700. The first-order valence-corrected chi connectivity index (χ1v) is 13.2. The summed E-state index contributed by atoms with van der Waals surface area (Å²) in [5.74, 6) is 0. The minimum atomic E-state index is -1.50. The summed E-state index contributed by atoms with van der Waals surface area (Å²) in [6.45, 7) is 10.3. The molecule has 2 N–H and O–H groups in total. The molecule has 5 aromatic rings. The van der Waals surface area contributed by atoms with Crippen LogP contribution in [0, 0.1) is 6.92 Å². The fourth-order valence-corrected chi connectivity index (χ4v) is 6.44. The Morgan fingerprint density at radius 3 is 2.16 bits per heavy atom. The summed E-state index contributed by atoms with van der Waals surface area (Å²) in [6, 6.07) is 27.2. The zero-order valence-corrected chi connectivity index (χ0v) is 22.1. The van der Waals surface area contributed by atoms with Gasteiger partial charge in [-0.1, -0.05) is 97.6 Å². The molecule has 0 radical (unpaired) electrons. The largest absolute Gasteiger partial charge is 0.489 e. The van der Waals surface area contributed by atoms with Gasteiger partial charge in [0, 0.05) is 14.8 Å². The third-order valence-corrected chi connectivity index (χ3v) is 8.31. The van der Waals surface area contributed by atoms with Crippen molar-refractivity contribution in [3.05, 3.63) is 120 Å². The lowest BCUT2D eigenvalue weighted by molar-refractivity contribution is 0.426. The summed E-state index contributed by atoms with van der Waals surface area (Å²) in [7, 11) is -1.50. The van der Waals surface area contributed by atoms with Crippen LogP contribution in [-0.2, 0) is 0 Å². The predicted octanol–water partition coefficient (Wildman–Crippen LogP) is 7.91. The minimum Gasteiger partial charge on any atom is -0.423 e. The number of thiophene rings is 1. The summed E-state index contributed by atoms with van der Waals surface area (Å²) in [6.07, 6.45) is 6.14. The fourth-order valence-electron chi connectivity index (χ4n) is 5.08. The van der Waals surface area contributed by atoms with Crippen molar-refractivity contribution in [2.45, 2.75) is 20.8 Å². The van der Waals surface area contributed by atoms with Crippen molar-refractivity contribution in [3.63, 3.8) is 0 Å². The number of hydrogen-bond donors (Lipinski definition) is 2. The van der Waals surface area contributed by atoms with Gasteiger partial charge in [0.1, 0.15) is 0 Å². The van der Waals surface area contributed by atoms with E-state index in [4.69, 9.17) is 0 Å². The average molecular weight is 500 g/mol. The Morgan fingerprint density at radius 2 is 1.46 bits per heavy atom. The van der Waals surface area contributed by atoms with Gasteiger partial charge in [0.05, 0.1) is 0 Å². The van der Waals surface area contributed by atoms with Crippen LogP contribution >= 0.6 is 11.3 Å². The Morgan fingerprint density at radius 1 is 0.838 bits per heavy atom. The molecule has 5 rings (SSSR count). The molecule has 182 valence electrons. The van der Waals surface area contributed by atoms with E-state index in [0.29, 0.717) is 5.46 Å². The molecule has 0 bridgehead atoms. The predicted molar refractivity (Wildman–Crippen MR) is 162 cm³/mol. The first-order valence-electron chi connectivity index (χ1n) is 12.4. The molecule has 0 spiro atoms. The lowest BCUT2D eigenvalue weighted by Gasteiger charge is -2.15. The second-order valence-electron chi connectivity index (χ2n) is 9.24. The molecule has 0 saturated carbocycles. The van der Waals surface area contributed by atoms with Crippen LogP contribution in [0.2, 0.25) is 0 Å². The normalized spacial score (nSPS) is 12.4. The highest BCUT2D eigenvalue weighted by Gasteiger charge is 2.19. The number of hydrogen-bond acceptors (Lipinski definition) is 3. The average Bonchev–Trinajstić information content (AvgIpc) is 3.30. The first-order chi connectivity index (χ1) is 17.9. The van der Waals surface area contributed by atoms with Crippen LogP contribution in [0.3, 0.4) is 0 Å². The maximum atomic E-state index is 9.92. The smallest absolute Gasteiger partial charge is 0.423 e. The SMILES string of the molecule is C=C/C(C)=C(\C=C/C)c1cccc(-c2cccc(-c3cccc4c3sc3c(B(O)O)cccc34)c2)c1C. The fraction of sp³-hybridized carbons (Fsp3) is 0.0909. The van der Waals surface area contributed by atoms with Crippen molar-refractivity contribution in [2.75, 3.05) is 0 Å². The molecule has 1 aromatic heterocycles. The van der Waals surface area contributed by atoms with E-state index in [1.165, 1.54) is 22.3 Å². The van der Waals surface area contributed by atoms with Crippen molar-refractivity contribution in [2.24, 2.45) is 0 Å². The molecular weight excluding hydrogens is 471 g/mol. The highest BCUT2D eigenvalue weighted by atomic mass is 32.1. The van der Waals surface area contributed by atoms with Gasteiger partial charge in [-0.25, -0.2) is 0 Å². The molecular formula is C33H29BO2S. The molecule has 0 amide bonds. The molecule has 4 heteroatoms. The molecule has 2 nitrogen and oxygen atoms in total. The Hall–Kier alpha value is -3.70. The van der Waals surface area contributed by atoms with Gasteiger partial charge < -0.3 is 10.0 Å². The summed E-state index contributed by atoms with van der Waals surface area (Å²) in [5.41, 5.74) is 9.97. The van der Waals surface area contributed by atoms with Crippen LogP contribution in [0.15, 0.2) is 109 Å². The first kappa shape index (κ1) is 25.0. The number of allylic oxidation sites excluding steroid dienone is 5. The van der Waals surface area contributed by atoms with Crippen LogP contribution in [-0.4, -0.2) is 17.2 Å². The molecule has 0 atom stereocenters. The molecule has 37 heavy (non-hydrogen) atoms. The van der Waals surface area contributed by atoms with E-state index in [2.05, 4.69) is 99.3 Å². The summed E-state index contributed by atoms with van der Waals surface area (Å²) < 4.78 is 2.06. The monoisotopic (exact) mass is 500 g/mol. The Kier molecular flexibility index (Phi) is 6.99. The third kappa shape index (κ3) is 4.49. The summed E-state index contributed by atoms with van der Waals surface area (Å²) >= 11 is 1.62. The minimum absolute atomic E-state index is 0.547. The van der Waals surface area contributed by atoms with Crippen LogP contribution in [0.1, 0.15) is 25.0 Å². The van der Waals surface area contributed by atoms with E-state index in [1.54, 1.807) is 17.4 Å². The zero-order chi connectivity index (χ0) is 26.1. The van der Waals surface area contributed by atoms with E-state index >= 15 is 0 Å². The second-order valence-corrected chi connectivity index (χ2v) is 10.3. The lowest BCUT2D eigenvalue weighted by atomic mass is 9.80. The van der Waals surface area contributed by atoms with E-state index < -0.39 is 7.12 Å². The summed E-state index contributed by atoms with van der Waals surface area (Å²) in [4.78, 5) is 0. The Labute approximate surface area is 222 Å². The topological polar surface area (TPSA) is 40.5 Å². The van der Waals surface area contributed by atoms with Gasteiger partial charge in [0.15, 0.2) is 0 Å². The van der Waals surface area contributed by atoms with Crippen LogP contribution in [0.5, 0.6) is 0 Å². The van der Waals surface area contributed by atoms with E-state index in [-0.39, 0.29) is 0 Å². The van der Waals surface area contributed by atoms with Gasteiger partial charge >= 0.3 is 7.12 Å². The van der Waals surface area contributed by atoms with E-state index in [0.717, 1.165) is 42.4 Å². The molecule has 0 aliphatic heterocycles. The third-order valence-electron chi connectivity index (χ3n) is 7.01. The van der Waals surface area contributed by atoms with E-state index in [1.807, 2.05) is 19.1 Å².